The zero-order valence-electron chi connectivity index (χ0n) is 9.78. The number of aliphatic carboxylic acids is 1. The van der Waals surface area contributed by atoms with Gasteiger partial charge in [-0.2, -0.15) is 8.78 Å². The average molecular weight is 319 g/mol. The van der Waals surface area contributed by atoms with Crippen LogP contribution in [0.25, 0.3) is 0 Å². The molecule has 0 aliphatic heterocycles. The molecule has 0 saturated carbocycles. The van der Waals surface area contributed by atoms with Crippen molar-refractivity contribution < 1.29 is 46.9 Å². The van der Waals surface area contributed by atoms with E-state index >= 15 is 0 Å². The Morgan fingerprint density at radius 2 is 1.43 bits per heavy atom. The second-order valence-electron chi connectivity index (χ2n) is 3.12. The van der Waals surface area contributed by atoms with Crippen LogP contribution in [0.3, 0.4) is 0 Å². The molecular weight excluding hydrogens is 313 g/mol. The van der Waals surface area contributed by atoms with Gasteiger partial charge in [0, 0.05) is 0 Å². The van der Waals surface area contributed by atoms with Crippen LogP contribution >= 0.6 is 0 Å². The first-order chi connectivity index (χ1) is 9.59. The second-order valence-corrected chi connectivity index (χ2v) is 3.12. The number of halogens is 5. The van der Waals surface area contributed by atoms with E-state index in [4.69, 9.17) is 10.2 Å². The fourth-order valence-electron chi connectivity index (χ4n) is 0.801. The number of phenols is 1. The lowest BCUT2D eigenvalue weighted by Crippen LogP contribution is -2.06. The molecule has 21 heavy (non-hydrogen) atoms. The highest BCUT2D eigenvalue weighted by molar-refractivity contribution is 5.66. The first-order valence-electron chi connectivity index (χ1n) is 4.79. The second kappa shape index (κ2) is 7.81. The maximum absolute atomic E-state index is 12.2. The molecule has 0 aliphatic rings. The topological polar surface area (TPSA) is 110 Å². The normalized spacial score (nSPS) is 9.57. The zero-order chi connectivity index (χ0) is 16.7. The predicted octanol–water partition coefficient (Wildman–Crippen LogP) is 1.76. The van der Waals surface area contributed by atoms with E-state index in [1.165, 1.54) is 0 Å². The summed E-state index contributed by atoms with van der Waals surface area (Å²) in [5.74, 6) is -14.1. The Bertz CT molecular complexity index is 433. The monoisotopic (exact) mass is 319 g/mol. The van der Waals surface area contributed by atoms with Gasteiger partial charge in [-0.05, 0) is 0 Å². The molecule has 0 unspecified atom stereocenters. The molecule has 1 aromatic carbocycles. The van der Waals surface area contributed by atoms with Crippen molar-refractivity contribution in [3.05, 3.63) is 39.2 Å². The summed E-state index contributed by atoms with van der Waals surface area (Å²) in [5, 5.41) is 24.6. The van der Waals surface area contributed by atoms with Gasteiger partial charge >= 0.3 is 5.97 Å². The predicted molar refractivity (Wildman–Crippen MR) is 53.1 cm³/mol. The van der Waals surface area contributed by atoms with Gasteiger partial charge in [0.1, 0.15) is 6.61 Å². The van der Waals surface area contributed by atoms with Crippen molar-refractivity contribution in [1.82, 2.24) is 0 Å². The number of hydrogen-bond acceptors (Lipinski definition) is 5. The number of carboxylic acids is 1. The minimum Gasteiger partial charge on any atom is -0.503 e. The molecule has 0 amide bonds. The van der Waals surface area contributed by atoms with E-state index in [0.29, 0.717) is 0 Å². The third kappa shape index (κ3) is 5.46. The van der Waals surface area contributed by atoms with E-state index in [9.17, 15) is 36.9 Å². The van der Waals surface area contributed by atoms with E-state index in [1.807, 2.05) is 0 Å². The lowest BCUT2D eigenvalue weighted by Gasteiger charge is -2.00. The van der Waals surface area contributed by atoms with Crippen molar-refractivity contribution in [2.24, 2.45) is 0 Å². The van der Waals surface area contributed by atoms with Gasteiger partial charge in [-0.15, -0.1) is 10.1 Å². The fraction of sp³-hybridized carbons (Fsp3) is 0.222. The van der Waals surface area contributed by atoms with Crippen molar-refractivity contribution >= 4 is 5.97 Å². The van der Waals surface area contributed by atoms with Crippen LogP contribution < -0.4 is 0 Å². The lowest BCUT2D eigenvalue weighted by atomic mass is 10.3. The van der Waals surface area contributed by atoms with Crippen LogP contribution in [0.2, 0.25) is 0 Å². The zero-order valence-corrected chi connectivity index (χ0v) is 9.78. The van der Waals surface area contributed by atoms with E-state index in [1.54, 1.807) is 0 Å². The largest absolute Gasteiger partial charge is 0.503 e. The van der Waals surface area contributed by atoms with Crippen LogP contribution in [0, 0.1) is 39.2 Å². The van der Waals surface area contributed by atoms with Crippen molar-refractivity contribution in [2.75, 3.05) is 6.61 Å². The van der Waals surface area contributed by atoms with Crippen molar-refractivity contribution in [1.29, 1.82) is 0 Å². The maximum Gasteiger partial charge on any atom is 0.305 e. The summed E-state index contributed by atoms with van der Waals surface area (Å²) in [6.07, 6.45) is -0.346. The number of phenolic OH excluding ortho intramolecular Hbond substituents is 1. The van der Waals surface area contributed by atoms with Gasteiger partial charge in [0.05, 0.1) is 6.42 Å². The molecule has 0 aliphatic carbocycles. The molecule has 0 bridgehead atoms. The summed E-state index contributed by atoms with van der Waals surface area (Å²) in [7, 11) is 0. The number of rotatable bonds is 4. The Balaban J connectivity index is 0.000000400. The Labute approximate surface area is 112 Å². The lowest BCUT2D eigenvalue weighted by molar-refractivity contribution is -0.757. The molecule has 0 fully saturated rings. The Hall–Kier alpha value is -2.66. The number of benzene rings is 1. The number of carboxylic acid groups (broad SMARTS) is 1. The molecule has 0 aromatic heterocycles. The molecule has 0 saturated heterocycles. The number of hydrogen-bond donors (Lipinski definition) is 2. The standard InChI is InChI=1S/C6HF5O.C3H5NO5/c7-1-2(8)4(10)6(12)5(11)3(1)9;5-3(6)1-2-9-4(7)8/h12H;1-2H2,(H,5,6). The van der Waals surface area contributed by atoms with Gasteiger partial charge in [0.25, 0.3) is 5.09 Å². The molecule has 0 spiro atoms. The van der Waals surface area contributed by atoms with Crippen molar-refractivity contribution in [2.45, 2.75) is 6.42 Å². The van der Waals surface area contributed by atoms with Crippen LogP contribution in [0.4, 0.5) is 22.0 Å². The molecular formula is C9H6F5NO6. The molecule has 1 aromatic rings. The van der Waals surface area contributed by atoms with Crippen LogP contribution in [-0.4, -0.2) is 27.9 Å². The maximum atomic E-state index is 12.2. The summed E-state index contributed by atoms with van der Waals surface area (Å²) in [5.41, 5.74) is 0. The van der Waals surface area contributed by atoms with Crippen molar-refractivity contribution in [3.63, 3.8) is 0 Å². The van der Waals surface area contributed by atoms with E-state index in [2.05, 4.69) is 4.84 Å². The van der Waals surface area contributed by atoms with E-state index in [0.717, 1.165) is 0 Å². The third-order valence-electron chi connectivity index (χ3n) is 1.70. The van der Waals surface area contributed by atoms with Gasteiger partial charge in [0.2, 0.25) is 29.1 Å². The molecule has 12 heteroatoms. The Kier molecular flexibility index (Phi) is 6.82. The highest BCUT2D eigenvalue weighted by Crippen LogP contribution is 2.27. The molecule has 0 radical (unpaired) electrons. The molecule has 0 heterocycles. The number of carbonyl (C=O) groups is 1. The quantitative estimate of drug-likeness (QED) is 0.288. The van der Waals surface area contributed by atoms with Crippen LogP contribution in [-0.2, 0) is 9.63 Å². The highest BCUT2D eigenvalue weighted by Gasteiger charge is 2.24. The summed E-state index contributed by atoms with van der Waals surface area (Å²) in [6, 6.07) is 0. The first-order valence-corrected chi connectivity index (χ1v) is 4.79. The minimum absolute atomic E-state index is 0.346. The van der Waals surface area contributed by atoms with Gasteiger partial charge in [-0.1, -0.05) is 0 Å². The summed E-state index contributed by atoms with van der Waals surface area (Å²) >= 11 is 0. The van der Waals surface area contributed by atoms with Gasteiger partial charge < -0.3 is 15.1 Å². The van der Waals surface area contributed by atoms with Crippen LogP contribution in [0.5, 0.6) is 5.75 Å². The number of aromatic hydroxyl groups is 1. The molecule has 7 nitrogen and oxygen atoms in total. The molecule has 118 valence electrons. The first kappa shape index (κ1) is 18.3. The Morgan fingerprint density at radius 3 is 1.76 bits per heavy atom. The third-order valence-corrected chi connectivity index (χ3v) is 1.70. The Morgan fingerprint density at radius 1 is 1.05 bits per heavy atom. The minimum atomic E-state index is -2.29. The van der Waals surface area contributed by atoms with Crippen LogP contribution in [0.1, 0.15) is 6.42 Å². The summed E-state index contributed by atoms with van der Waals surface area (Å²) < 4.78 is 60.6. The van der Waals surface area contributed by atoms with E-state index < -0.39 is 45.9 Å². The molecule has 2 N–H and O–H groups in total. The fourth-order valence-corrected chi connectivity index (χ4v) is 0.801. The summed E-state index contributed by atoms with van der Waals surface area (Å²) in [4.78, 5) is 22.7. The molecule has 1 rings (SSSR count). The van der Waals surface area contributed by atoms with Crippen LogP contribution in [0.15, 0.2) is 0 Å². The highest BCUT2D eigenvalue weighted by atomic mass is 19.2. The number of nitrogens with zero attached hydrogens (tertiary/aromatic N) is 1. The SMILES string of the molecule is O=C(O)CCO[N+](=O)[O-].Oc1c(F)c(F)c(F)c(F)c1F. The average Bonchev–Trinajstić information content (AvgIpc) is 2.41. The summed E-state index contributed by atoms with van der Waals surface area (Å²) in [6.45, 7) is -0.387. The molecule has 0 atom stereocenters. The van der Waals surface area contributed by atoms with Crippen molar-refractivity contribution in [3.8, 4) is 5.75 Å². The van der Waals surface area contributed by atoms with Gasteiger partial charge in [-0.25, -0.2) is 13.2 Å². The van der Waals surface area contributed by atoms with E-state index in [-0.39, 0.29) is 13.0 Å². The smallest absolute Gasteiger partial charge is 0.305 e. The van der Waals surface area contributed by atoms with Gasteiger partial charge in [0.15, 0.2) is 5.75 Å². The van der Waals surface area contributed by atoms with Gasteiger partial charge in [-0.3, -0.25) is 4.79 Å².